The van der Waals surface area contributed by atoms with E-state index in [9.17, 15) is 0 Å². The SMILES string of the molecule is COC1(CN2CC(OC)(OC)C2)CCNCC1. The van der Waals surface area contributed by atoms with E-state index in [0.29, 0.717) is 0 Å². The number of methoxy groups -OCH3 is 3. The second-order valence-electron chi connectivity index (χ2n) is 5.10. The van der Waals surface area contributed by atoms with Crippen molar-refractivity contribution in [2.24, 2.45) is 0 Å². The van der Waals surface area contributed by atoms with Crippen LogP contribution in [-0.4, -0.2) is 70.3 Å². The van der Waals surface area contributed by atoms with Gasteiger partial charge in [-0.3, -0.25) is 4.90 Å². The average Bonchev–Trinajstić information content (AvgIpc) is 2.34. The fraction of sp³-hybridized carbons (Fsp3) is 1.00. The van der Waals surface area contributed by atoms with E-state index in [0.717, 1.165) is 45.6 Å². The van der Waals surface area contributed by atoms with E-state index in [-0.39, 0.29) is 11.4 Å². The lowest BCUT2D eigenvalue weighted by atomic mass is 9.89. The first kappa shape index (κ1) is 13.2. The second-order valence-corrected chi connectivity index (χ2v) is 5.10. The molecule has 2 heterocycles. The molecule has 2 aliphatic rings. The molecule has 2 rings (SSSR count). The number of nitrogens with zero attached hydrogens (tertiary/aromatic N) is 1. The maximum absolute atomic E-state index is 5.76. The van der Waals surface area contributed by atoms with Gasteiger partial charge in [-0.2, -0.15) is 0 Å². The monoisotopic (exact) mass is 244 g/mol. The fourth-order valence-electron chi connectivity index (χ4n) is 2.81. The summed E-state index contributed by atoms with van der Waals surface area (Å²) in [4.78, 5) is 2.35. The summed E-state index contributed by atoms with van der Waals surface area (Å²) < 4.78 is 16.5. The van der Waals surface area contributed by atoms with E-state index in [4.69, 9.17) is 14.2 Å². The zero-order valence-electron chi connectivity index (χ0n) is 11.1. The first-order valence-electron chi connectivity index (χ1n) is 6.26. The van der Waals surface area contributed by atoms with Crippen LogP contribution >= 0.6 is 0 Å². The van der Waals surface area contributed by atoms with Crippen LogP contribution < -0.4 is 5.32 Å². The zero-order chi connectivity index (χ0) is 12.4. The largest absolute Gasteiger partial charge is 0.377 e. The molecule has 0 atom stereocenters. The summed E-state index contributed by atoms with van der Waals surface area (Å²) in [6, 6.07) is 0. The maximum Gasteiger partial charge on any atom is 0.193 e. The quantitative estimate of drug-likeness (QED) is 0.693. The molecule has 5 nitrogen and oxygen atoms in total. The first-order valence-corrected chi connectivity index (χ1v) is 6.26. The van der Waals surface area contributed by atoms with E-state index in [2.05, 4.69) is 10.2 Å². The molecule has 0 unspecified atom stereocenters. The molecule has 17 heavy (non-hydrogen) atoms. The summed E-state index contributed by atoms with van der Waals surface area (Å²) in [5.41, 5.74) is 0.0128. The van der Waals surface area contributed by atoms with Crippen molar-refractivity contribution in [3.63, 3.8) is 0 Å². The average molecular weight is 244 g/mol. The molecule has 1 N–H and O–H groups in total. The molecule has 100 valence electrons. The number of rotatable bonds is 5. The number of piperidine rings is 1. The van der Waals surface area contributed by atoms with E-state index in [1.807, 2.05) is 7.11 Å². The minimum atomic E-state index is -0.387. The summed E-state index contributed by atoms with van der Waals surface area (Å²) in [6.07, 6.45) is 2.15. The third-order valence-corrected chi connectivity index (χ3v) is 4.13. The van der Waals surface area contributed by atoms with Crippen molar-refractivity contribution < 1.29 is 14.2 Å². The van der Waals surface area contributed by atoms with Gasteiger partial charge in [-0.25, -0.2) is 0 Å². The lowest BCUT2D eigenvalue weighted by Crippen LogP contribution is -2.67. The standard InChI is InChI=1S/C12H24N2O3/c1-15-11(4-6-13-7-5-11)8-14-9-12(10-14,16-2)17-3/h13H,4-10H2,1-3H3. The molecule has 0 radical (unpaired) electrons. The minimum Gasteiger partial charge on any atom is -0.377 e. The molecule has 0 bridgehead atoms. The number of likely N-dealkylation sites (tertiary alicyclic amines) is 1. The Hall–Kier alpha value is -0.200. The smallest absolute Gasteiger partial charge is 0.193 e. The molecule has 0 saturated carbocycles. The number of nitrogens with one attached hydrogen (secondary N) is 1. The Labute approximate surface area is 103 Å². The van der Waals surface area contributed by atoms with Crippen molar-refractivity contribution in [2.75, 3.05) is 54.1 Å². The van der Waals surface area contributed by atoms with Gasteiger partial charge in [0.05, 0.1) is 18.7 Å². The highest BCUT2D eigenvalue weighted by molar-refractivity contribution is 4.96. The topological polar surface area (TPSA) is 43.0 Å². The van der Waals surface area contributed by atoms with Gasteiger partial charge >= 0.3 is 0 Å². The van der Waals surface area contributed by atoms with Crippen LogP contribution in [0.1, 0.15) is 12.8 Å². The van der Waals surface area contributed by atoms with E-state index >= 15 is 0 Å². The third-order valence-electron chi connectivity index (χ3n) is 4.13. The van der Waals surface area contributed by atoms with Gasteiger partial charge in [0.1, 0.15) is 0 Å². The molecule has 0 amide bonds. The molecule has 0 spiro atoms. The lowest BCUT2D eigenvalue weighted by molar-refractivity contribution is -0.282. The Morgan fingerprint density at radius 3 is 2.06 bits per heavy atom. The number of hydrogen-bond acceptors (Lipinski definition) is 5. The van der Waals surface area contributed by atoms with Crippen molar-refractivity contribution in [2.45, 2.75) is 24.2 Å². The molecule has 0 aromatic rings. The Balaban J connectivity index is 1.85. The van der Waals surface area contributed by atoms with Crippen LogP contribution in [0.25, 0.3) is 0 Å². The predicted molar refractivity (Wildman–Crippen MR) is 65.0 cm³/mol. The van der Waals surface area contributed by atoms with E-state index < -0.39 is 0 Å². The number of hydrogen-bond donors (Lipinski definition) is 1. The van der Waals surface area contributed by atoms with E-state index in [1.165, 1.54) is 0 Å². The molecule has 0 aromatic heterocycles. The summed E-state index contributed by atoms with van der Waals surface area (Å²) in [7, 11) is 5.24. The van der Waals surface area contributed by atoms with Crippen LogP contribution in [-0.2, 0) is 14.2 Å². The van der Waals surface area contributed by atoms with Gasteiger partial charge in [-0.15, -0.1) is 0 Å². The first-order chi connectivity index (χ1) is 8.17. The Bertz CT molecular complexity index is 242. The molecule has 5 heteroatoms. The van der Waals surface area contributed by atoms with Crippen molar-refractivity contribution in [1.29, 1.82) is 0 Å². The van der Waals surface area contributed by atoms with Gasteiger partial charge in [-0.1, -0.05) is 0 Å². The minimum absolute atomic E-state index is 0.0128. The van der Waals surface area contributed by atoms with Gasteiger partial charge in [-0.05, 0) is 25.9 Å². The number of ether oxygens (including phenoxy) is 3. The maximum atomic E-state index is 5.76. The molecule has 0 aliphatic carbocycles. The summed E-state index contributed by atoms with van der Waals surface area (Å²) in [6.45, 7) is 4.72. The molecular weight excluding hydrogens is 220 g/mol. The summed E-state index contributed by atoms with van der Waals surface area (Å²) >= 11 is 0. The molecular formula is C12H24N2O3. The van der Waals surface area contributed by atoms with Gasteiger partial charge in [0.2, 0.25) is 0 Å². The summed E-state index contributed by atoms with van der Waals surface area (Å²) in [5.74, 6) is -0.387. The molecule has 2 fully saturated rings. The molecule has 0 aromatic carbocycles. The molecule has 2 saturated heterocycles. The highest BCUT2D eigenvalue weighted by Crippen LogP contribution is 2.30. The summed E-state index contributed by atoms with van der Waals surface area (Å²) in [5, 5.41) is 3.37. The highest BCUT2D eigenvalue weighted by Gasteiger charge is 2.47. The van der Waals surface area contributed by atoms with Gasteiger partial charge in [0.15, 0.2) is 5.79 Å². The van der Waals surface area contributed by atoms with Gasteiger partial charge < -0.3 is 19.5 Å². The second kappa shape index (κ2) is 5.20. The van der Waals surface area contributed by atoms with E-state index in [1.54, 1.807) is 14.2 Å². The Morgan fingerprint density at radius 2 is 1.59 bits per heavy atom. The van der Waals surface area contributed by atoms with Crippen molar-refractivity contribution >= 4 is 0 Å². The third kappa shape index (κ3) is 2.63. The van der Waals surface area contributed by atoms with Crippen LogP contribution in [0.15, 0.2) is 0 Å². The molecule has 2 aliphatic heterocycles. The van der Waals surface area contributed by atoms with Crippen LogP contribution in [0.3, 0.4) is 0 Å². The highest BCUT2D eigenvalue weighted by atomic mass is 16.7. The van der Waals surface area contributed by atoms with Crippen molar-refractivity contribution in [1.82, 2.24) is 10.2 Å². The van der Waals surface area contributed by atoms with Gasteiger partial charge in [0, 0.05) is 27.9 Å². The van der Waals surface area contributed by atoms with Crippen LogP contribution in [0.2, 0.25) is 0 Å². The van der Waals surface area contributed by atoms with Crippen molar-refractivity contribution in [3.05, 3.63) is 0 Å². The fourth-order valence-corrected chi connectivity index (χ4v) is 2.81. The van der Waals surface area contributed by atoms with Crippen molar-refractivity contribution in [3.8, 4) is 0 Å². The van der Waals surface area contributed by atoms with Gasteiger partial charge in [0.25, 0.3) is 0 Å². The normalized spacial score (nSPS) is 27.7. The predicted octanol–water partition coefficient (Wildman–Crippen LogP) is 0.0597. The lowest BCUT2D eigenvalue weighted by Gasteiger charge is -2.51. The van der Waals surface area contributed by atoms with Crippen LogP contribution in [0, 0.1) is 0 Å². The van der Waals surface area contributed by atoms with Crippen LogP contribution in [0.4, 0.5) is 0 Å². The zero-order valence-corrected chi connectivity index (χ0v) is 11.1. The Morgan fingerprint density at radius 1 is 1.00 bits per heavy atom. The van der Waals surface area contributed by atoms with Crippen LogP contribution in [0.5, 0.6) is 0 Å². The Kier molecular flexibility index (Phi) is 4.05.